The fourth-order valence-electron chi connectivity index (χ4n) is 0.202. The molecule has 0 heterocycles. The summed E-state index contributed by atoms with van der Waals surface area (Å²) in [7, 11) is 1.75. The fourth-order valence-corrected chi connectivity index (χ4v) is 0.425. The third-order valence-corrected chi connectivity index (χ3v) is 1.06. The minimum atomic E-state index is -0.0185. The van der Waals surface area contributed by atoms with E-state index in [0.717, 1.165) is 0 Å². The van der Waals surface area contributed by atoms with Gasteiger partial charge < -0.3 is 10.4 Å². The van der Waals surface area contributed by atoms with E-state index in [2.05, 4.69) is 17.5 Å². The molecule has 1 atom stereocenters. The summed E-state index contributed by atoms with van der Waals surface area (Å²) in [6.07, 6.45) is 0. The molecule has 0 aromatic rings. The maximum atomic E-state index is 8.37. The first-order valence-electron chi connectivity index (χ1n) is 2.08. The first-order valence-corrected chi connectivity index (χ1v) is 2.55. The Morgan fingerprint density at radius 3 is 2.57 bits per heavy atom. The molecule has 7 heavy (non-hydrogen) atoms. The predicted molar refractivity (Wildman–Crippen MR) is 33.6 cm³/mol. The van der Waals surface area contributed by atoms with Crippen molar-refractivity contribution in [2.45, 2.75) is 6.04 Å². The number of thiocarbonyl (C=S) groups is 1. The largest absolute Gasteiger partial charge is 0.394 e. The van der Waals surface area contributed by atoms with Crippen molar-refractivity contribution in [3.05, 3.63) is 0 Å². The summed E-state index contributed by atoms with van der Waals surface area (Å²) in [5, 5.41) is 12.7. The number of hydrogen-bond acceptors (Lipinski definition) is 3. The van der Waals surface area contributed by atoms with Crippen LogP contribution < -0.4 is 5.32 Å². The summed E-state index contributed by atoms with van der Waals surface area (Å²) in [6.45, 7) is 0.0833. The molecular formula is C4H9NOS. The summed E-state index contributed by atoms with van der Waals surface area (Å²) in [6, 6.07) is -0.0185. The molecule has 0 aromatic carbocycles. The summed E-state index contributed by atoms with van der Waals surface area (Å²) in [5.74, 6) is 0. The van der Waals surface area contributed by atoms with Crippen molar-refractivity contribution in [2.24, 2.45) is 0 Å². The molecule has 0 radical (unpaired) electrons. The second-order valence-electron chi connectivity index (χ2n) is 1.21. The molecule has 0 bridgehead atoms. The maximum absolute atomic E-state index is 8.37. The lowest BCUT2D eigenvalue weighted by atomic mass is 10.4. The van der Waals surface area contributed by atoms with Crippen molar-refractivity contribution >= 4 is 17.6 Å². The Morgan fingerprint density at radius 1 is 2.00 bits per heavy atom. The zero-order valence-corrected chi connectivity index (χ0v) is 5.03. The highest BCUT2D eigenvalue weighted by atomic mass is 32.1. The van der Waals surface area contributed by atoms with Crippen molar-refractivity contribution in [2.75, 3.05) is 13.7 Å². The van der Waals surface area contributed by atoms with E-state index >= 15 is 0 Å². The lowest BCUT2D eigenvalue weighted by molar-refractivity contribution is 0.279. The maximum Gasteiger partial charge on any atom is 0.0628 e. The van der Waals surface area contributed by atoms with Gasteiger partial charge >= 0.3 is 0 Å². The van der Waals surface area contributed by atoms with Crippen LogP contribution in [0.2, 0.25) is 0 Å². The van der Waals surface area contributed by atoms with Crippen LogP contribution in [0.15, 0.2) is 0 Å². The van der Waals surface area contributed by atoms with Gasteiger partial charge in [0.1, 0.15) is 0 Å². The van der Waals surface area contributed by atoms with Gasteiger partial charge in [-0.3, -0.25) is 0 Å². The molecule has 3 heteroatoms. The molecule has 0 aliphatic heterocycles. The Labute approximate surface area is 48.5 Å². The zero-order chi connectivity index (χ0) is 5.70. The van der Waals surface area contributed by atoms with Gasteiger partial charge in [-0.1, -0.05) is 12.2 Å². The van der Waals surface area contributed by atoms with E-state index in [4.69, 9.17) is 5.11 Å². The number of aliphatic hydroxyl groups excluding tert-OH is 1. The van der Waals surface area contributed by atoms with Crippen LogP contribution in [0.1, 0.15) is 0 Å². The number of hydrogen-bond donors (Lipinski definition) is 2. The third-order valence-electron chi connectivity index (χ3n) is 0.732. The van der Waals surface area contributed by atoms with Crippen LogP contribution in [0.5, 0.6) is 0 Å². The molecule has 42 valence electrons. The molecule has 0 saturated heterocycles. The number of likely N-dealkylation sites (N-methyl/N-ethyl adjacent to an activating group) is 1. The van der Waals surface area contributed by atoms with Gasteiger partial charge in [0.15, 0.2) is 0 Å². The minimum Gasteiger partial charge on any atom is -0.394 e. The van der Waals surface area contributed by atoms with Crippen LogP contribution in [-0.4, -0.2) is 30.2 Å². The molecule has 0 rings (SSSR count). The molecule has 2 N–H and O–H groups in total. The average molecular weight is 119 g/mol. The smallest absolute Gasteiger partial charge is 0.0628 e. The first kappa shape index (κ1) is 7.01. The van der Waals surface area contributed by atoms with Crippen LogP contribution in [0.25, 0.3) is 0 Å². The molecule has 2 nitrogen and oxygen atoms in total. The monoisotopic (exact) mass is 119 g/mol. The van der Waals surface area contributed by atoms with Crippen molar-refractivity contribution in [3.63, 3.8) is 0 Å². The standard InChI is InChI=1S/C4H9NOS/c1-5-4(2-6)3-7/h3-6H,2H2,1H3/t4-/m1/s1. The normalized spacial score (nSPS) is 13.4. The van der Waals surface area contributed by atoms with Crippen LogP contribution in [-0.2, 0) is 0 Å². The van der Waals surface area contributed by atoms with Crippen LogP contribution in [0.4, 0.5) is 0 Å². The molecular weight excluding hydrogens is 110 g/mol. The third kappa shape index (κ3) is 2.68. The highest BCUT2D eigenvalue weighted by molar-refractivity contribution is 7.79. The van der Waals surface area contributed by atoms with Gasteiger partial charge in [-0.05, 0) is 12.4 Å². The molecule has 0 amide bonds. The lowest BCUT2D eigenvalue weighted by Crippen LogP contribution is -2.29. The van der Waals surface area contributed by atoms with Crippen LogP contribution in [0.3, 0.4) is 0 Å². The molecule has 0 fully saturated rings. The SMILES string of the molecule is CN[C@@H](C=S)CO. The van der Waals surface area contributed by atoms with Crippen molar-refractivity contribution < 1.29 is 5.11 Å². The van der Waals surface area contributed by atoms with E-state index in [-0.39, 0.29) is 12.6 Å². The molecule has 0 aliphatic carbocycles. The topological polar surface area (TPSA) is 32.3 Å². The predicted octanol–water partition coefficient (Wildman–Crippen LogP) is -0.434. The van der Waals surface area contributed by atoms with Gasteiger partial charge in [0.25, 0.3) is 0 Å². The lowest BCUT2D eigenvalue weighted by Gasteiger charge is -2.02. The highest BCUT2D eigenvalue weighted by Crippen LogP contribution is 1.70. The van der Waals surface area contributed by atoms with Gasteiger partial charge in [0.2, 0.25) is 0 Å². The van der Waals surface area contributed by atoms with E-state index in [0.29, 0.717) is 0 Å². The Hall–Kier alpha value is 0.01000. The Bertz CT molecular complexity index is 53.7. The quantitative estimate of drug-likeness (QED) is 0.494. The van der Waals surface area contributed by atoms with Gasteiger partial charge in [-0.15, -0.1) is 0 Å². The Kier molecular flexibility index (Phi) is 4.18. The van der Waals surface area contributed by atoms with E-state index in [1.54, 1.807) is 7.05 Å². The fraction of sp³-hybridized carbons (Fsp3) is 0.750. The summed E-state index contributed by atoms with van der Waals surface area (Å²) >= 11 is 4.52. The van der Waals surface area contributed by atoms with Crippen LogP contribution >= 0.6 is 12.2 Å². The molecule has 0 spiro atoms. The number of nitrogens with one attached hydrogen (secondary N) is 1. The first-order chi connectivity index (χ1) is 3.35. The zero-order valence-electron chi connectivity index (χ0n) is 4.22. The number of aliphatic hydroxyl groups is 1. The van der Waals surface area contributed by atoms with Crippen molar-refractivity contribution in [1.29, 1.82) is 0 Å². The summed E-state index contributed by atoms with van der Waals surface area (Å²) < 4.78 is 0. The van der Waals surface area contributed by atoms with Crippen LogP contribution in [0, 0.1) is 0 Å². The van der Waals surface area contributed by atoms with Crippen molar-refractivity contribution in [1.82, 2.24) is 5.32 Å². The second-order valence-corrected chi connectivity index (χ2v) is 1.49. The van der Waals surface area contributed by atoms with E-state index in [1.165, 1.54) is 5.37 Å². The van der Waals surface area contributed by atoms with E-state index < -0.39 is 0 Å². The number of rotatable bonds is 3. The van der Waals surface area contributed by atoms with Crippen molar-refractivity contribution in [3.8, 4) is 0 Å². The molecule has 0 unspecified atom stereocenters. The Balaban J connectivity index is 3.16. The molecule has 0 aromatic heterocycles. The highest BCUT2D eigenvalue weighted by Gasteiger charge is 1.93. The van der Waals surface area contributed by atoms with E-state index in [1.807, 2.05) is 0 Å². The van der Waals surface area contributed by atoms with Gasteiger partial charge in [-0.25, -0.2) is 0 Å². The van der Waals surface area contributed by atoms with Gasteiger partial charge in [0.05, 0.1) is 12.6 Å². The molecule has 0 saturated carbocycles. The van der Waals surface area contributed by atoms with Gasteiger partial charge in [0, 0.05) is 0 Å². The van der Waals surface area contributed by atoms with E-state index in [9.17, 15) is 0 Å². The molecule has 0 aliphatic rings. The van der Waals surface area contributed by atoms with Gasteiger partial charge in [-0.2, -0.15) is 0 Å². The summed E-state index contributed by atoms with van der Waals surface area (Å²) in [5.41, 5.74) is 0. The summed E-state index contributed by atoms with van der Waals surface area (Å²) in [4.78, 5) is 0. The average Bonchev–Trinajstić information content (AvgIpc) is 1.72. The minimum absolute atomic E-state index is 0.0185. The Morgan fingerprint density at radius 2 is 2.57 bits per heavy atom. The second kappa shape index (κ2) is 4.18.